The standard InChI is InChI=1S/C24H27N3O3/c28-22(26-19-12-5-2-6-13-19)16-25-23(29)21-15-18-11-7-8-14-20(18)27(21)24(30)17-9-3-1-4-10-17/h1-6,9-10,12-13,18,20-21H,7-8,11,14-16H2,(H,25,29)(H,26,28). The predicted molar refractivity (Wildman–Crippen MR) is 115 cm³/mol. The Morgan fingerprint density at radius 3 is 2.30 bits per heavy atom. The van der Waals surface area contributed by atoms with Crippen molar-refractivity contribution in [2.45, 2.75) is 44.2 Å². The molecule has 2 aromatic carbocycles. The largest absolute Gasteiger partial charge is 0.345 e. The van der Waals surface area contributed by atoms with Crippen molar-refractivity contribution >= 4 is 23.4 Å². The van der Waals surface area contributed by atoms with Crippen molar-refractivity contribution in [3.8, 4) is 0 Å². The van der Waals surface area contributed by atoms with Crippen molar-refractivity contribution in [3.05, 3.63) is 66.2 Å². The molecule has 1 aliphatic heterocycles. The summed E-state index contributed by atoms with van der Waals surface area (Å²) in [6.07, 6.45) is 4.86. The van der Waals surface area contributed by atoms with Crippen molar-refractivity contribution in [1.29, 1.82) is 0 Å². The van der Waals surface area contributed by atoms with Crippen LogP contribution in [0.25, 0.3) is 0 Å². The number of likely N-dealkylation sites (tertiary alicyclic amines) is 1. The van der Waals surface area contributed by atoms with Gasteiger partial charge in [0.2, 0.25) is 11.8 Å². The minimum atomic E-state index is -0.532. The molecule has 2 aromatic rings. The van der Waals surface area contributed by atoms with E-state index in [0.717, 1.165) is 25.7 Å². The number of nitrogens with zero attached hydrogens (tertiary/aromatic N) is 1. The van der Waals surface area contributed by atoms with E-state index in [9.17, 15) is 14.4 Å². The van der Waals surface area contributed by atoms with Gasteiger partial charge in [0, 0.05) is 17.3 Å². The van der Waals surface area contributed by atoms with Gasteiger partial charge in [-0.25, -0.2) is 0 Å². The molecule has 2 aliphatic rings. The lowest BCUT2D eigenvalue weighted by molar-refractivity contribution is -0.127. The van der Waals surface area contributed by atoms with Crippen LogP contribution in [0.4, 0.5) is 5.69 Å². The van der Waals surface area contributed by atoms with Crippen molar-refractivity contribution < 1.29 is 14.4 Å². The maximum absolute atomic E-state index is 13.3. The van der Waals surface area contributed by atoms with Crippen molar-refractivity contribution in [1.82, 2.24) is 10.2 Å². The average molecular weight is 405 g/mol. The minimum absolute atomic E-state index is 0.0975. The highest BCUT2D eigenvalue weighted by molar-refractivity contribution is 5.99. The molecule has 1 saturated carbocycles. The molecule has 3 amide bonds. The van der Waals surface area contributed by atoms with E-state index in [1.807, 2.05) is 36.4 Å². The van der Waals surface area contributed by atoms with E-state index in [1.165, 1.54) is 0 Å². The second kappa shape index (κ2) is 9.11. The van der Waals surface area contributed by atoms with E-state index in [4.69, 9.17) is 0 Å². The molecule has 30 heavy (non-hydrogen) atoms. The number of hydrogen-bond donors (Lipinski definition) is 2. The Hall–Kier alpha value is -3.15. The van der Waals surface area contributed by atoms with Crippen LogP contribution >= 0.6 is 0 Å². The van der Waals surface area contributed by atoms with Gasteiger partial charge in [-0.15, -0.1) is 0 Å². The first-order chi connectivity index (χ1) is 14.6. The number of rotatable bonds is 5. The summed E-state index contributed by atoms with van der Waals surface area (Å²) in [5.74, 6) is -0.290. The molecular weight excluding hydrogens is 378 g/mol. The molecule has 0 bridgehead atoms. The zero-order valence-corrected chi connectivity index (χ0v) is 16.9. The second-order valence-corrected chi connectivity index (χ2v) is 8.07. The maximum atomic E-state index is 13.3. The zero-order chi connectivity index (χ0) is 20.9. The molecule has 0 radical (unpaired) electrons. The van der Waals surface area contributed by atoms with Gasteiger partial charge in [-0.2, -0.15) is 0 Å². The number of benzene rings is 2. The summed E-state index contributed by atoms with van der Waals surface area (Å²) in [5.41, 5.74) is 1.29. The molecular formula is C24H27N3O3. The first-order valence-electron chi connectivity index (χ1n) is 10.6. The fourth-order valence-corrected chi connectivity index (χ4v) is 4.73. The Labute approximate surface area is 176 Å². The van der Waals surface area contributed by atoms with Gasteiger partial charge in [0.25, 0.3) is 5.91 Å². The molecule has 156 valence electrons. The minimum Gasteiger partial charge on any atom is -0.345 e. The van der Waals surface area contributed by atoms with Crippen LogP contribution in [0.1, 0.15) is 42.5 Å². The molecule has 2 fully saturated rings. The third kappa shape index (κ3) is 4.37. The fraction of sp³-hybridized carbons (Fsp3) is 0.375. The van der Waals surface area contributed by atoms with Gasteiger partial charge in [0.15, 0.2) is 0 Å². The van der Waals surface area contributed by atoms with Crippen LogP contribution in [0.15, 0.2) is 60.7 Å². The summed E-state index contributed by atoms with van der Waals surface area (Å²) in [4.78, 5) is 40.3. The number of carbonyl (C=O) groups excluding carboxylic acids is 3. The van der Waals surface area contributed by atoms with Crippen LogP contribution in [0, 0.1) is 5.92 Å². The van der Waals surface area contributed by atoms with Crippen LogP contribution in [0.3, 0.4) is 0 Å². The number of hydrogen-bond acceptors (Lipinski definition) is 3. The number of amides is 3. The third-order valence-electron chi connectivity index (χ3n) is 6.13. The topological polar surface area (TPSA) is 78.5 Å². The molecule has 0 aromatic heterocycles. The highest BCUT2D eigenvalue weighted by atomic mass is 16.2. The molecule has 0 spiro atoms. The molecule has 2 N–H and O–H groups in total. The maximum Gasteiger partial charge on any atom is 0.254 e. The summed E-state index contributed by atoms with van der Waals surface area (Å²) in [7, 11) is 0. The van der Waals surface area contributed by atoms with Gasteiger partial charge < -0.3 is 15.5 Å². The van der Waals surface area contributed by atoms with E-state index in [2.05, 4.69) is 10.6 Å². The summed E-state index contributed by atoms with van der Waals surface area (Å²) in [6, 6.07) is 17.8. The highest BCUT2D eigenvalue weighted by Gasteiger charge is 2.47. The lowest BCUT2D eigenvalue weighted by Crippen LogP contribution is -2.50. The number of nitrogens with one attached hydrogen (secondary N) is 2. The third-order valence-corrected chi connectivity index (χ3v) is 6.13. The highest BCUT2D eigenvalue weighted by Crippen LogP contribution is 2.40. The van der Waals surface area contributed by atoms with E-state index in [-0.39, 0.29) is 30.3 Å². The van der Waals surface area contributed by atoms with E-state index in [0.29, 0.717) is 23.6 Å². The van der Waals surface area contributed by atoms with Crippen LogP contribution in [-0.4, -0.2) is 41.2 Å². The lowest BCUT2D eigenvalue weighted by atomic mass is 9.84. The Morgan fingerprint density at radius 2 is 1.57 bits per heavy atom. The van der Waals surface area contributed by atoms with Gasteiger partial charge in [0.05, 0.1) is 6.54 Å². The van der Waals surface area contributed by atoms with Crippen LogP contribution in [-0.2, 0) is 9.59 Å². The first kappa shape index (κ1) is 20.1. The number of anilines is 1. The summed E-state index contributed by atoms with van der Waals surface area (Å²) >= 11 is 0. The van der Waals surface area contributed by atoms with Gasteiger partial charge in [-0.1, -0.05) is 49.2 Å². The molecule has 1 aliphatic carbocycles. The average Bonchev–Trinajstić information content (AvgIpc) is 3.18. The van der Waals surface area contributed by atoms with E-state index < -0.39 is 6.04 Å². The van der Waals surface area contributed by atoms with Gasteiger partial charge in [0.1, 0.15) is 6.04 Å². The Morgan fingerprint density at radius 1 is 0.900 bits per heavy atom. The van der Waals surface area contributed by atoms with Crippen molar-refractivity contribution in [3.63, 3.8) is 0 Å². The molecule has 3 unspecified atom stereocenters. The molecule has 6 nitrogen and oxygen atoms in total. The predicted octanol–water partition coefficient (Wildman–Crippen LogP) is 3.21. The van der Waals surface area contributed by atoms with Gasteiger partial charge >= 0.3 is 0 Å². The normalized spacial score (nSPS) is 22.8. The molecule has 6 heteroatoms. The quantitative estimate of drug-likeness (QED) is 0.802. The van der Waals surface area contributed by atoms with Gasteiger partial charge in [-0.05, 0) is 49.4 Å². The lowest BCUT2D eigenvalue weighted by Gasteiger charge is -2.33. The van der Waals surface area contributed by atoms with Crippen molar-refractivity contribution in [2.24, 2.45) is 5.92 Å². The summed E-state index contributed by atoms with van der Waals surface area (Å²) in [5, 5.41) is 5.51. The van der Waals surface area contributed by atoms with Crippen molar-refractivity contribution in [2.75, 3.05) is 11.9 Å². The number of fused-ring (bicyclic) bond motifs is 1. The Bertz CT molecular complexity index is 900. The molecule has 4 rings (SSSR count). The fourth-order valence-electron chi connectivity index (χ4n) is 4.73. The summed E-state index contributed by atoms with van der Waals surface area (Å²) < 4.78 is 0. The number of para-hydroxylation sites is 1. The van der Waals surface area contributed by atoms with E-state index >= 15 is 0 Å². The first-order valence-corrected chi connectivity index (χ1v) is 10.6. The molecule has 1 heterocycles. The Balaban J connectivity index is 1.44. The SMILES string of the molecule is O=C(CNC(=O)C1CC2CCCCC2N1C(=O)c1ccccc1)Nc1ccccc1. The molecule has 3 atom stereocenters. The summed E-state index contributed by atoms with van der Waals surface area (Å²) in [6.45, 7) is -0.118. The van der Waals surface area contributed by atoms with Crippen LogP contribution in [0.5, 0.6) is 0 Å². The van der Waals surface area contributed by atoms with E-state index in [1.54, 1.807) is 29.2 Å². The molecule has 1 saturated heterocycles. The monoisotopic (exact) mass is 405 g/mol. The van der Waals surface area contributed by atoms with Crippen LogP contribution < -0.4 is 10.6 Å². The number of carbonyl (C=O) groups is 3. The van der Waals surface area contributed by atoms with Crippen LogP contribution in [0.2, 0.25) is 0 Å². The zero-order valence-electron chi connectivity index (χ0n) is 16.9. The second-order valence-electron chi connectivity index (χ2n) is 8.07. The smallest absolute Gasteiger partial charge is 0.254 e. The Kier molecular flexibility index (Phi) is 6.12. The van der Waals surface area contributed by atoms with Gasteiger partial charge in [-0.3, -0.25) is 14.4 Å².